The SMILES string of the molecule is CC(=O)OCC(COC(C)=O)Oc1ccc([N+](=O)[O-])c2c1CCN2C(=O)CCCN=[N+]=[N-]. The van der Waals surface area contributed by atoms with E-state index < -0.39 is 23.0 Å². The zero-order valence-electron chi connectivity index (χ0n) is 17.7. The number of amides is 1. The smallest absolute Gasteiger partial charge is 0.302 e. The molecule has 1 aliphatic heterocycles. The number of fused-ring (bicyclic) bond motifs is 1. The third kappa shape index (κ3) is 6.57. The van der Waals surface area contributed by atoms with Gasteiger partial charge in [-0.25, -0.2) is 0 Å². The Morgan fingerprint density at radius 1 is 1.25 bits per heavy atom. The Balaban J connectivity index is 2.29. The number of azide groups is 1. The highest BCUT2D eigenvalue weighted by Gasteiger charge is 2.35. The van der Waals surface area contributed by atoms with Gasteiger partial charge in [0.1, 0.15) is 24.7 Å². The van der Waals surface area contributed by atoms with Gasteiger partial charge in [-0.15, -0.1) is 0 Å². The van der Waals surface area contributed by atoms with E-state index in [1.807, 2.05) is 0 Å². The lowest BCUT2D eigenvalue weighted by atomic mass is 10.1. The molecule has 0 saturated heterocycles. The maximum atomic E-state index is 12.6. The van der Waals surface area contributed by atoms with Crippen LogP contribution in [0.4, 0.5) is 11.4 Å². The van der Waals surface area contributed by atoms with Crippen LogP contribution in [0.25, 0.3) is 10.4 Å². The van der Waals surface area contributed by atoms with Crippen molar-refractivity contribution >= 4 is 29.2 Å². The third-order valence-electron chi connectivity index (χ3n) is 4.52. The summed E-state index contributed by atoms with van der Waals surface area (Å²) in [6, 6.07) is 2.63. The van der Waals surface area contributed by atoms with E-state index in [1.165, 1.54) is 30.9 Å². The molecule has 0 bridgehead atoms. The minimum atomic E-state index is -0.845. The van der Waals surface area contributed by atoms with Crippen LogP contribution >= 0.6 is 0 Å². The second-order valence-electron chi connectivity index (χ2n) is 6.87. The van der Waals surface area contributed by atoms with Crippen molar-refractivity contribution in [2.75, 3.05) is 31.2 Å². The number of hydrogen-bond acceptors (Lipinski definition) is 9. The topological polar surface area (TPSA) is 174 Å². The highest BCUT2D eigenvalue weighted by atomic mass is 16.6. The molecule has 1 amide bonds. The van der Waals surface area contributed by atoms with Crippen molar-refractivity contribution in [3.8, 4) is 5.75 Å². The van der Waals surface area contributed by atoms with Crippen LogP contribution in [0.2, 0.25) is 0 Å². The Morgan fingerprint density at radius 2 is 1.91 bits per heavy atom. The molecule has 1 heterocycles. The van der Waals surface area contributed by atoms with Gasteiger partial charge < -0.3 is 19.1 Å². The molecule has 0 aromatic heterocycles. The number of nitro benzene ring substituents is 1. The number of ether oxygens (including phenoxy) is 3. The van der Waals surface area contributed by atoms with Crippen molar-refractivity contribution in [2.24, 2.45) is 5.11 Å². The fourth-order valence-electron chi connectivity index (χ4n) is 3.19. The summed E-state index contributed by atoms with van der Waals surface area (Å²) in [5.74, 6) is -1.17. The molecule has 0 fully saturated rings. The standard InChI is InChI=1S/C19H23N5O8/c1-12(25)30-10-14(11-31-13(2)26)32-17-6-5-16(24(28)29)19-15(17)7-9-23(19)18(27)4-3-8-21-22-20/h5-6,14H,3-4,7-11H2,1-2H3. The Kier molecular flexibility index (Phi) is 8.78. The summed E-state index contributed by atoms with van der Waals surface area (Å²) in [5.41, 5.74) is 8.68. The molecule has 0 spiro atoms. The van der Waals surface area contributed by atoms with E-state index in [4.69, 9.17) is 19.7 Å². The molecule has 13 nitrogen and oxygen atoms in total. The van der Waals surface area contributed by atoms with Gasteiger partial charge >= 0.3 is 11.9 Å². The van der Waals surface area contributed by atoms with Crippen LogP contribution in [0.1, 0.15) is 32.3 Å². The number of anilines is 1. The van der Waals surface area contributed by atoms with Crippen LogP contribution in [-0.4, -0.2) is 55.2 Å². The van der Waals surface area contributed by atoms with Crippen molar-refractivity contribution in [1.82, 2.24) is 0 Å². The van der Waals surface area contributed by atoms with Gasteiger partial charge in [0.15, 0.2) is 6.10 Å². The van der Waals surface area contributed by atoms with Crippen molar-refractivity contribution in [2.45, 2.75) is 39.2 Å². The van der Waals surface area contributed by atoms with Crippen LogP contribution in [0.15, 0.2) is 17.2 Å². The van der Waals surface area contributed by atoms with Crippen molar-refractivity contribution < 1.29 is 33.5 Å². The van der Waals surface area contributed by atoms with E-state index in [0.717, 1.165) is 0 Å². The van der Waals surface area contributed by atoms with Gasteiger partial charge in [-0.1, -0.05) is 5.11 Å². The monoisotopic (exact) mass is 449 g/mol. The average Bonchev–Trinajstić information content (AvgIpc) is 3.18. The highest BCUT2D eigenvalue weighted by Crippen LogP contribution is 2.43. The van der Waals surface area contributed by atoms with Gasteiger partial charge in [0, 0.05) is 49.9 Å². The molecule has 1 aromatic carbocycles. The quantitative estimate of drug-likeness (QED) is 0.0941. The molecule has 1 aliphatic rings. The predicted molar refractivity (Wildman–Crippen MR) is 110 cm³/mol. The van der Waals surface area contributed by atoms with Gasteiger partial charge in [-0.3, -0.25) is 24.5 Å². The Bertz CT molecular complexity index is 926. The zero-order chi connectivity index (χ0) is 23.7. The van der Waals surface area contributed by atoms with E-state index >= 15 is 0 Å². The van der Waals surface area contributed by atoms with Crippen LogP contribution in [0.5, 0.6) is 5.75 Å². The second-order valence-corrected chi connectivity index (χ2v) is 6.87. The number of carbonyl (C=O) groups excluding carboxylic acids is 3. The molecule has 1 aromatic rings. The number of nitrogens with zero attached hydrogens (tertiary/aromatic N) is 5. The maximum absolute atomic E-state index is 12.6. The van der Waals surface area contributed by atoms with Crippen molar-refractivity contribution in [3.05, 3.63) is 38.3 Å². The Hall–Kier alpha value is -3.86. The first kappa shape index (κ1) is 24.4. The van der Waals surface area contributed by atoms with E-state index in [2.05, 4.69) is 10.0 Å². The lowest BCUT2D eigenvalue weighted by Crippen LogP contribution is -2.31. The Labute approximate surface area is 183 Å². The molecule has 172 valence electrons. The summed E-state index contributed by atoms with van der Waals surface area (Å²) >= 11 is 0. The molecule has 0 N–H and O–H groups in total. The average molecular weight is 449 g/mol. The molecule has 32 heavy (non-hydrogen) atoms. The van der Waals surface area contributed by atoms with Crippen LogP contribution in [0, 0.1) is 10.1 Å². The number of esters is 2. The molecular formula is C19H23N5O8. The molecule has 0 unspecified atom stereocenters. The summed E-state index contributed by atoms with van der Waals surface area (Å²) < 4.78 is 15.8. The lowest BCUT2D eigenvalue weighted by Gasteiger charge is -2.21. The maximum Gasteiger partial charge on any atom is 0.302 e. The third-order valence-corrected chi connectivity index (χ3v) is 4.52. The zero-order valence-corrected chi connectivity index (χ0v) is 17.7. The normalized spacial score (nSPS) is 12.0. The summed E-state index contributed by atoms with van der Waals surface area (Å²) in [7, 11) is 0. The molecule has 2 rings (SSSR count). The fourth-order valence-corrected chi connectivity index (χ4v) is 3.19. The highest BCUT2D eigenvalue weighted by molar-refractivity contribution is 5.98. The summed E-state index contributed by atoms with van der Waals surface area (Å²) in [5, 5.41) is 14.9. The first-order valence-corrected chi connectivity index (χ1v) is 9.79. The van der Waals surface area contributed by atoms with Gasteiger partial charge in [-0.05, 0) is 24.4 Å². The van der Waals surface area contributed by atoms with E-state index in [0.29, 0.717) is 18.4 Å². The van der Waals surface area contributed by atoms with Gasteiger partial charge in [0.25, 0.3) is 5.69 Å². The van der Waals surface area contributed by atoms with Crippen molar-refractivity contribution in [3.63, 3.8) is 0 Å². The van der Waals surface area contributed by atoms with Gasteiger partial charge in [0.2, 0.25) is 5.91 Å². The van der Waals surface area contributed by atoms with Crippen LogP contribution < -0.4 is 9.64 Å². The second kappa shape index (κ2) is 11.5. The number of rotatable bonds is 11. The van der Waals surface area contributed by atoms with Gasteiger partial charge in [0.05, 0.1) is 4.92 Å². The molecule has 0 atom stereocenters. The number of hydrogen-bond donors (Lipinski definition) is 0. The summed E-state index contributed by atoms with van der Waals surface area (Å²) in [6.45, 7) is 2.40. The summed E-state index contributed by atoms with van der Waals surface area (Å²) in [4.78, 5) is 49.9. The Morgan fingerprint density at radius 3 is 2.47 bits per heavy atom. The molecule has 13 heteroatoms. The van der Waals surface area contributed by atoms with E-state index in [9.17, 15) is 24.5 Å². The predicted octanol–water partition coefficient (Wildman–Crippen LogP) is 2.45. The molecule has 0 aliphatic carbocycles. The largest absolute Gasteiger partial charge is 0.483 e. The van der Waals surface area contributed by atoms with Crippen LogP contribution in [0.3, 0.4) is 0 Å². The van der Waals surface area contributed by atoms with Crippen LogP contribution in [-0.2, 0) is 30.3 Å². The summed E-state index contributed by atoms with van der Waals surface area (Å²) in [6.07, 6.45) is -0.169. The van der Waals surface area contributed by atoms with E-state index in [1.54, 1.807) is 0 Å². The molecule has 0 radical (unpaired) electrons. The number of carbonyl (C=O) groups is 3. The minimum absolute atomic E-state index is 0.0578. The number of benzene rings is 1. The van der Waals surface area contributed by atoms with Gasteiger partial charge in [-0.2, -0.15) is 0 Å². The van der Waals surface area contributed by atoms with Crippen molar-refractivity contribution in [1.29, 1.82) is 0 Å². The fraction of sp³-hybridized carbons (Fsp3) is 0.526. The lowest BCUT2D eigenvalue weighted by molar-refractivity contribution is -0.384. The first-order valence-electron chi connectivity index (χ1n) is 9.79. The minimum Gasteiger partial charge on any atom is -0.483 e. The first-order chi connectivity index (χ1) is 15.2. The molecular weight excluding hydrogens is 426 g/mol. The van der Waals surface area contributed by atoms with E-state index in [-0.39, 0.29) is 55.8 Å². The molecule has 0 saturated carbocycles. The number of nitro groups is 1.